The lowest BCUT2D eigenvalue weighted by Crippen LogP contribution is -2.30. The Morgan fingerprint density at radius 2 is 2.26 bits per heavy atom. The minimum Gasteiger partial charge on any atom is -0.377 e. The lowest BCUT2D eigenvalue weighted by molar-refractivity contribution is -0.129. The number of nitriles is 1. The van der Waals surface area contributed by atoms with Gasteiger partial charge in [-0.05, 0) is 12.8 Å². The van der Waals surface area contributed by atoms with Crippen LogP contribution >= 0.6 is 0 Å². The fourth-order valence-electron chi connectivity index (χ4n) is 1.92. The second kappa shape index (κ2) is 7.46. The van der Waals surface area contributed by atoms with Crippen LogP contribution in [0.5, 0.6) is 0 Å². The molecule has 1 aliphatic heterocycles. The minimum absolute atomic E-state index is 0.00217. The average molecular weight is 288 g/mol. The van der Waals surface area contributed by atoms with E-state index in [1.54, 1.807) is 7.05 Å². The summed E-state index contributed by atoms with van der Waals surface area (Å²) in [5, 5.41) is 8.42. The van der Waals surface area contributed by atoms with Crippen LogP contribution in [0.3, 0.4) is 0 Å². The summed E-state index contributed by atoms with van der Waals surface area (Å²) in [5.74, 6) is -0.392. The van der Waals surface area contributed by atoms with Crippen molar-refractivity contribution in [3.05, 3.63) is 0 Å². The number of hydrogen-bond donors (Lipinski definition) is 0. The highest BCUT2D eigenvalue weighted by Crippen LogP contribution is 2.14. The molecule has 108 valence electrons. The number of carbonyl (C=O) groups is 1. The second-order valence-electron chi connectivity index (χ2n) is 4.72. The Balaban J connectivity index is 2.33. The summed E-state index contributed by atoms with van der Waals surface area (Å²) in [6, 6.07) is 1.95. The van der Waals surface area contributed by atoms with Crippen molar-refractivity contribution in [3.8, 4) is 6.07 Å². The van der Waals surface area contributed by atoms with Crippen LogP contribution < -0.4 is 0 Å². The van der Waals surface area contributed by atoms with Gasteiger partial charge in [0.2, 0.25) is 5.91 Å². The van der Waals surface area contributed by atoms with Crippen molar-refractivity contribution in [3.63, 3.8) is 0 Å². The van der Waals surface area contributed by atoms with Crippen LogP contribution in [0.25, 0.3) is 0 Å². The molecule has 0 aromatic heterocycles. The minimum atomic E-state index is -3.25. The molecular weight excluding hydrogens is 268 g/mol. The molecule has 0 aliphatic carbocycles. The fourth-order valence-corrected chi connectivity index (χ4v) is 3.40. The molecule has 0 radical (unpaired) electrons. The maximum atomic E-state index is 11.8. The predicted molar refractivity (Wildman–Crippen MR) is 70.1 cm³/mol. The van der Waals surface area contributed by atoms with Crippen molar-refractivity contribution in [2.24, 2.45) is 0 Å². The first kappa shape index (κ1) is 15.9. The lowest BCUT2D eigenvalue weighted by Gasteiger charge is -2.15. The number of rotatable bonds is 7. The molecule has 1 unspecified atom stereocenters. The molecule has 6 nitrogen and oxygen atoms in total. The van der Waals surface area contributed by atoms with Gasteiger partial charge < -0.3 is 9.64 Å². The summed E-state index contributed by atoms with van der Waals surface area (Å²) in [5.41, 5.74) is 0. The Bertz CT molecular complexity index is 435. The van der Waals surface area contributed by atoms with E-state index in [1.807, 2.05) is 6.07 Å². The third-order valence-electron chi connectivity index (χ3n) is 3.08. The van der Waals surface area contributed by atoms with Gasteiger partial charge in [0.1, 0.15) is 0 Å². The molecule has 1 amide bonds. The third-order valence-corrected chi connectivity index (χ3v) is 4.78. The van der Waals surface area contributed by atoms with E-state index in [4.69, 9.17) is 10.00 Å². The Morgan fingerprint density at radius 1 is 1.53 bits per heavy atom. The normalized spacial score (nSPS) is 19.1. The Labute approximate surface area is 114 Å². The molecule has 1 aliphatic rings. The first-order chi connectivity index (χ1) is 8.94. The summed E-state index contributed by atoms with van der Waals surface area (Å²) in [6.45, 7) is 0.955. The molecule has 0 N–H and O–H groups in total. The van der Waals surface area contributed by atoms with Crippen LogP contribution in [-0.4, -0.2) is 57.0 Å². The van der Waals surface area contributed by atoms with Crippen molar-refractivity contribution >= 4 is 15.7 Å². The average Bonchev–Trinajstić information content (AvgIpc) is 2.85. The highest BCUT2D eigenvalue weighted by Gasteiger charge is 2.24. The topological polar surface area (TPSA) is 87.5 Å². The highest BCUT2D eigenvalue weighted by molar-refractivity contribution is 7.91. The van der Waals surface area contributed by atoms with E-state index < -0.39 is 9.84 Å². The largest absolute Gasteiger partial charge is 0.377 e. The molecule has 0 bridgehead atoms. The SMILES string of the molecule is CN(CCC#N)C(=O)CCS(=O)(=O)CC1CCCO1. The molecule has 1 fully saturated rings. The summed E-state index contributed by atoms with van der Waals surface area (Å²) < 4.78 is 28.9. The van der Waals surface area contributed by atoms with E-state index in [-0.39, 0.29) is 36.4 Å². The van der Waals surface area contributed by atoms with Crippen LogP contribution in [0, 0.1) is 11.3 Å². The van der Waals surface area contributed by atoms with Gasteiger partial charge in [0.05, 0.1) is 30.1 Å². The summed E-state index contributed by atoms with van der Waals surface area (Å²) in [6.07, 6.45) is 1.68. The van der Waals surface area contributed by atoms with E-state index in [0.717, 1.165) is 12.8 Å². The van der Waals surface area contributed by atoms with Crippen molar-refractivity contribution in [2.45, 2.75) is 31.8 Å². The molecule has 7 heteroatoms. The van der Waals surface area contributed by atoms with Gasteiger partial charge in [-0.3, -0.25) is 4.79 Å². The van der Waals surface area contributed by atoms with E-state index in [1.165, 1.54) is 4.90 Å². The molecule has 1 atom stereocenters. The van der Waals surface area contributed by atoms with Crippen molar-refractivity contribution in [1.82, 2.24) is 4.90 Å². The highest BCUT2D eigenvalue weighted by atomic mass is 32.2. The van der Waals surface area contributed by atoms with E-state index in [2.05, 4.69) is 0 Å². The van der Waals surface area contributed by atoms with Crippen LogP contribution in [0.4, 0.5) is 0 Å². The molecule has 19 heavy (non-hydrogen) atoms. The van der Waals surface area contributed by atoms with Gasteiger partial charge >= 0.3 is 0 Å². The predicted octanol–water partition coefficient (Wildman–Crippen LogP) is 0.342. The zero-order valence-electron chi connectivity index (χ0n) is 11.2. The Hall–Kier alpha value is -1.13. The van der Waals surface area contributed by atoms with Crippen molar-refractivity contribution in [2.75, 3.05) is 31.7 Å². The smallest absolute Gasteiger partial charge is 0.223 e. The van der Waals surface area contributed by atoms with Gasteiger partial charge in [-0.25, -0.2) is 8.42 Å². The monoisotopic (exact) mass is 288 g/mol. The quantitative estimate of drug-likeness (QED) is 0.674. The molecule has 0 spiro atoms. The van der Waals surface area contributed by atoms with Crippen LogP contribution in [-0.2, 0) is 19.4 Å². The summed E-state index contributed by atoms with van der Waals surface area (Å²) in [4.78, 5) is 13.0. The molecule has 1 heterocycles. The maximum absolute atomic E-state index is 11.8. The molecule has 0 aromatic carbocycles. The van der Waals surface area contributed by atoms with Crippen LogP contribution in [0.2, 0.25) is 0 Å². The maximum Gasteiger partial charge on any atom is 0.223 e. The Kier molecular flexibility index (Phi) is 6.25. The molecule has 0 aromatic rings. The van der Waals surface area contributed by atoms with E-state index in [9.17, 15) is 13.2 Å². The number of ether oxygens (including phenoxy) is 1. The van der Waals surface area contributed by atoms with Crippen LogP contribution in [0.15, 0.2) is 0 Å². The molecule has 1 rings (SSSR count). The third kappa shape index (κ3) is 6.03. The Morgan fingerprint density at radius 3 is 2.84 bits per heavy atom. The van der Waals surface area contributed by atoms with Gasteiger partial charge in [-0.2, -0.15) is 5.26 Å². The van der Waals surface area contributed by atoms with Crippen molar-refractivity contribution < 1.29 is 17.9 Å². The van der Waals surface area contributed by atoms with E-state index in [0.29, 0.717) is 13.2 Å². The lowest BCUT2D eigenvalue weighted by atomic mass is 10.3. The van der Waals surface area contributed by atoms with E-state index >= 15 is 0 Å². The van der Waals surface area contributed by atoms with Crippen molar-refractivity contribution in [1.29, 1.82) is 5.26 Å². The number of amides is 1. The first-order valence-electron chi connectivity index (χ1n) is 6.37. The van der Waals surface area contributed by atoms with Gasteiger partial charge in [-0.1, -0.05) is 0 Å². The second-order valence-corrected chi connectivity index (χ2v) is 6.95. The zero-order chi connectivity index (χ0) is 14.3. The molecule has 1 saturated heterocycles. The van der Waals surface area contributed by atoms with Gasteiger partial charge in [-0.15, -0.1) is 0 Å². The van der Waals surface area contributed by atoms with Crippen LogP contribution in [0.1, 0.15) is 25.7 Å². The number of carbonyl (C=O) groups excluding carboxylic acids is 1. The standard InChI is InChI=1S/C12H20N2O4S/c1-14(7-3-6-13)12(15)5-9-19(16,17)10-11-4-2-8-18-11/h11H,2-5,7-10H2,1H3. The molecular formula is C12H20N2O4S. The molecule has 0 saturated carbocycles. The fraction of sp³-hybridized carbons (Fsp3) is 0.833. The summed E-state index contributed by atoms with van der Waals surface area (Å²) >= 11 is 0. The van der Waals surface area contributed by atoms with Gasteiger partial charge in [0, 0.05) is 26.6 Å². The zero-order valence-corrected chi connectivity index (χ0v) is 12.0. The summed E-state index contributed by atoms with van der Waals surface area (Å²) in [7, 11) is -1.68. The first-order valence-corrected chi connectivity index (χ1v) is 8.19. The van der Waals surface area contributed by atoms with Gasteiger partial charge in [0.25, 0.3) is 0 Å². The van der Waals surface area contributed by atoms with Gasteiger partial charge in [0.15, 0.2) is 9.84 Å². The number of hydrogen-bond acceptors (Lipinski definition) is 5. The number of nitrogens with zero attached hydrogens (tertiary/aromatic N) is 2. The number of sulfone groups is 1.